The van der Waals surface area contributed by atoms with Crippen LogP contribution in [0.2, 0.25) is 0 Å². The van der Waals surface area contributed by atoms with Crippen LogP contribution in [0.1, 0.15) is 28.9 Å². The number of hydrogen-bond acceptors (Lipinski definition) is 8. The van der Waals surface area contributed by atoms with Crippen LogP contribution in [0.15, 0.2) is 42.5 Å². The third-order valence-corrected chi connectivity index (χ3v) is 7.64. The summed E-state index contributed by atoms with van der Waals surface area (Å²) in [5, 5.41) is 8.00. The summed E-state index contributed by atoms with van der Waals surface area (Å²) in [5.41, 5.74) is 0.766. The quantitative estimate of drug-likeness (QED) is 0.546. The molecule has 3 heterocycles. The van der Waals surface area contributed by atoms with Gasteiger partial charge in [0.05, 0.1) is 5.75 Å². The van der Waals surface area contributed by atoms with Crippen LogP contribution in [0.3, 0.4) is 0 Å². The molecule has 0 spiro atoms. The van der Waals surface area contributed by atoms with Crippen LogP contribution in [0.5, 0.6) is 0 Å². The Morgan fingerprint density at radius 2 is 1.58 bits per heavy atom. The number of ether oxygens (including phenoxy) is 1. The predicted molar refractivity (Wildman–Crippen MR) is 121 cm³/mol. The molecule has 2 fully saturated rings. The average Bonchev–Trinajstić information content (AvgIpc) is 3.38. The second-order valence-electron chi connectivity index (χ2n) is 8.07. The van der Waals surface area contributed by atoms with E-state index < -0.39 is 22.6 Å². The van der Waals surface area contributed by atoms with Crippen LogP contribution in [0.4, 0.5) is 5.82 Å². The van der Waals surface area contributed by atoms with Crippen molar-refractivity contribution in [1.82, 2.24) is 19.4 Å². The Morgan fingerprint density at radius 1 is 0.879 bits per heavy atom. The molecule has 176 valence electrons. The highest BCUT2D eigenvalue weighted by Crippen LogP contribution is 2.17. The highest BCUT2D eigenvalue weighted by molar-refractivity contribution is 7.88. The Kier molecular flexibility index (Phi) is 7.19. The van der Waals surface area contributed by atoms with E-state index in [1.54, 1.807) is 36.4 Å². The molecule has 0 N–H and O–H groups in total. The molecule has 0 radical (unpaired) electrons. The minimum absolute atomic E-state index is 0.0440. The highest BCUT2D eigenvalue weighted by atomic mass is 32.2. The summed E-state index contributed by atoms with van der Waals surface area (Å²) in [6.07, 6.45) is 2.22. The van der Waals surface area contributed by atoms with Crippen molar-refractivity contribution in [3.63, 3.8) is 0 Å². The summed E-state index contributed by atoms with van der Waals surface area (Å²) in [6, 6.07) is 12.3. The van der Waals surface area contributed by atoms with Gasteiger partial charge in [-0.2, -0.15) is 4.31 Å². The molecule has 2 aliphatic rings. The van der Waals surface area contributed by atoms with Crippen molar-refractivity contribution in [2.24, 2.45) is 0 Å². The van der Waals surface area contributed by atoms with E-state index in [9.17, 15) is 18.0 Å². The van der Waals surface area contributed by atoms with Crippen LogP contribution < -0.4 is 4.90 Å². The van der Waals surface area contributed by atoms with Crippen molar-refractivity contribution in [3.05, 3.63) is 53.7 Å². The Balaban J connectivity index is 1.23. The molecule has 11 heteroatoms. The molecule has 2 aliphatic heterocycles. The van der Waals surface area contributed by atoms with Gasteiger partial charge in [0, 0.05) is 39.3 Å². The molecule has 1 amide bonds. The molecule has 0 unspecified atom stereocenters. The van der Waals surface area contributed by atoms with Crippen LogP contribution in [0, 0.1) is 0 Å². The van der Waals surface area contributed by atoms with E-state index in [2.05, 4.69) is 15.1 Å². The molecule has 2 aromatic rings. The first kappa shape index (κ1) is 23.1. The van der Waals surface area contributed by atoms with Crippen molar-refractivity contribution in [2.45, 2.75) is 18.6 Å². The van der Waals surface area contributed by atoms with Gasteiger partial charge in [0.15, 0.2) is 18.1 Å². The SMILES string of the molecule is O=C(OCC(=O)N1CCN(S(=O)(=O)Cc2ccccc2)CC1)c1ccc(N2CCCC2)nn1. The third-order valence-electron chi connectivity index (χ3n) is 5.79. The zero-order valence-electron chi connectivity index (χ0n) is 18.3. The number of carbonyl (C=O) groups is 2. The van der Waals surface area contributed by atoms with Gasteiger partial charge < -0.3 is 14.5 Å². The molecule has 33 heavy (non-hydrogen) atoms. The average molecular weight is 474 g/mol. The van der Waals surface area contributed by atoms with Crippen molar-refractivity contribution in [2.75, 3.05) is 50.8 Å². The van der Waals surface area contributed by atoms with Crippen LogP contribution in [0.25, 0.3) is 0 Å². The summed E-state index contributed by atoms with van der Waals surface area (Å²) >= 11 is 0. The van der Waals surface area contributed by atoms with Gasteiger partial charge >= 0.3 is 5.97 Å². The van der Waals surface area contributed by atoms with Gasteiger partial charge in [-0.3, -0.25) is 4.79 Å². The number of rotatable bonds is 7. The molecule has 10 nitrogen and oxygen atoms in total. The number of carbonyl (C=O) groups excluding carboxylic acids is 2. The summed E-state index contributed by atoms with van der Waals surface area (Å²) < 4.78 is 31.8. The molecule has 0 aliphatic carbocycles. The summed E-state index contributed by atoms with van der Waals surface area (Å²) in [4.78, 5) is 28.3. The minimum Gasteiger partial charge on any atom is -0.451 e. The van der Waals surface area contributed by atoms with Crippen molar-refractivity contribution >= 4 is 27.7 Å². The van der Waals surface area contributed by atoms with Crippen LogP contribution in [-0.2, 0) is 25.3 Å². The first-order valence-electron chi connectivity index (χ1n) is 11.0. The zero-order chi connectivity index (χ0) is 23.3. The molecule has 2 saturated heterocycles. The van der Waals surface area contributed by atoms with Crippen molar-refractivity contribution in [3.8, 4) is 0 Å². The Morgan fingerprint density at radius 3 is 2.21 bits per heavy atom. The maximum absolute atomic E-state index is 12.6. The normalized spacial score (nSPS) is 17.2. The number of hydrogen-bond donors (Lipinski definition) is 0. The Labute approximate surface area is 193 Å². The number of amides is 1. The number of anilines is 1. The van der Waals surface area contributed by atoms with Gasteiger partial charge in [-0.15, -0.1) is 10.2 Å². The molecule has 0 atom stereocenters. The maximum atomic E-state index is 12.6. The van der Waals surface area contributed by atoms with Crippen molar-refractivity contribution in [1.29, 1.82) is 0 Å². The summed E-state index contributed by atoms with van der Waals surface area (Å²) in [5.74, 6) is -0.435. The Bertz CT molecular complexity index is 1060. The fraction of sp³-hybridized carbons (Fsp3) is 0.455. The minimum atomic E-state index is -3.47. The maximum Gasteiger partial charge on any atom is 0.359 e. The van der Waals surface area contributed by atoms with Crippen molar-refractivity contribution < 1.29 is 22.7 Å². The standard InChI is InChI=1S/C22H27N5O5S/c28-21(16-32-22(29)19-8-9-20(24-23-19)25-10-4-5-11-25)26-12-14-27(15-13-26)33(30,31)17-18-6-2-1-3-7-18/h1-3,6-9H,4-5,10-17H2. The van der Waals surface area contributed by atoms with E-state index in [1.165, 1.54) is 9.21 Å². The van der Waals surface area contributed by atoms with E-state index in [4.69, 9.17) is 4.74 Å². The van der Waals surface area contributed by atoms with Gasteiger partial charge in [-0.1, -0.05) is 30.3 Å². The number of benzene rings is 1. The van der Waals surface area contributed by atoms with E-state index in [0.29, 0.717) is 0 Å². The van der Waals surface area contributed by atoms with Gasteiger partial charge in [0.2, 0.25) is 10.0 Å². The van der Waals surface area contributed by atoms with Crippen LogP contribution in [-0.4, -0.2) is 85.6 Å². The topological polar surface area (TPSA) is 113 Å². The molecular weight excluding hydrogens is 446 g/mol. The smallest absolute Gasteiger partial charge is 0.359 e. The van der Waals surface area contributed by atoms with Gasteiger partial charge in [0.25, 0.3) is 5.91 Å². The van der Waals surface area contributed by atoms with Gasteiger partial charge in [0.1, 0.15) is 0 Å². The second kappa shape index (κ2) is 10.3. The largest absolute Gasteiger partial charge is 0.451 e. The fourth-order valence-electron chi connectivity index (χ4n) is 3.93. The lowest BCUT2D eigenvalue weighted by Gasteiger charge is -2.33. The Hall–Kier alpha value is -3.05. The first-order valence-corrected chi connectivity index (χ1v) is 12.6. The van der Waals surface area contributed by atoms with Gasteiger partial charge in [-0.25, -0.2) is 13.2 Å². The van der Waals surface area contributed by atoms with E-state index >= 15 is 0 Å². The highest BCUT2D eigenvalue weighted by Gasteiger charge is 2.29. The first-order chi connectivity index (χ1) is 15.9. The molecular formula is C22H27N5O5S. The number of sulfonamides is 1. The molecule has 0 saturated carbocycles. The van der Waals surface area contributed by atoms with E-state index in [0.717, 1.165) is 37.3 Å². The summed E-state index contributed by atoms with van der Waals surface area (Å²) in [7, 11) is -3.47. The molecule has 1 aromatic carbocycles. The lowest BCUT2D eigenvalue weighted by molar-refractivity contribution is -0.135. The second-order valence-corrected chi connectivity index (χ2v) is 10.0. The third kappa shape index (κ3) is 5.85. The lowest BCUT2D eigenvalue weighted by Crippen LogP contribution is -2.51. The fourth-order valence-corrected chi connectivity index (χ4v) is 5.45. The number of nitrogens with zero attached hydrogens (tertiary/aromatic N) is 5. The number of esters is 1. The predicted octanol–water partition coefficient (Wildman–Crippen LogP) is 0.908. The van der Waals surface area contributed by atoms with Gasteiger partial charge in [-0.05, 0) is 30.5 Å². The lowest BCUT2D eigenvalue weighted by atomic mass is 10.2. The van der Waals surface area contributed by atoms with Crippen LogP contribution >= 0.6 is 0 Å². The monoisotopic (exact) mass is 473 g/mol. The molecule has 1 aromatic heterocycles. The number of aromatic nitrogens is 2. The molecule has 0 bridgehead atoms. The number of piperazine rings is 1. The van der Waals surface area contributed by atoms with E-state index in [-0.39, 0.29) is 43.5 Å². The molecule has 4 rings (SSSR count). The zero-order valence-corrected chi connectivity index (χ0v) is 19.1. The van der Waals surface area contributed by atoms with E-state index in [1.807, 2.05) is 6.07 Å². The summed E-state index contributed by atoms with van der Waals surface area (Å²) in [6.45, 7) is 2.33.